The van der Waals surface area contributed by atoms with Crippen molar-refractivity contribution in [1.29, 1.82) is 0 Å². The van der Waals surface area contributed by atoms with Crippen LogP contribution in [0.3, 0.4) is 0 Å². The van der Waals surface area contributed by atoms with Gasteiger partial charge in [-0.2, -0.15) is 0 Å². The van der Waals surface area contributed by atoms with Crippen LogP contribution in [0.4, 0.5) is 0 Å². The zero-order valence-electron chi connectivity index (χ0n) is 9.24. The van der Waals surface area contributed by atoms with Gasteiger partial charge in [-0.15, -0.1) is 0 Å². The van der Waals surface area contributed by atoms with Gasteiger partial charge in [0.15, 0.2) is 0 Å². The second-order valence-corrected chi connectivity index (χ2v) is 4.55. The second-order valence-electron chi connectivity index (χ2n) is 4.55. The Balaban J connectivity index is 2.63. The topological polar surface area (TPSA) is 34.0 Å². The Labute approximate surface area is 85.1 Å². The highest BCUT2D eigenvalue weighted by Crippen LogP contribution is 2.08. The highest BCUT2D eigenvalue weighted by molar-refractivity contribution is 5.80. The number of hydrogen-bond donors (Lipinski definition) is 1. The molecule has 1 rings (SSSR count). The van der Waals surface area contributed by atoms with E-state index in [0.717, 1.165) is 0 Å². The molecule has 0 aliphatic heterocycles. The molecular weight excluding hydrogens is 176 g/mol. The van der Waals surface area contributed by atoms with Gasteiger partial charge >= 0.3 is 0 Å². The molecule has 1 N–H and O–H groups in total. The van der Waals surface area contributed by atoms with Gasteiger partial charge in [-0.05, 0) is 39.8 Å². The molecule has 14 heavy (non-hydrogen) atoms. The zero-order chi connectivity index (χ0) is 10.8. The molecule has 1 aromatic rings. The van der Waals surface area contributed by atoms with Gasteiger partial charge in [0.1, 0.15) is 6.04 Å². The Hall–Kier alpha value is -1.25. The number of carbonyl (C=O) groups excluding carboxylic acids is 1. The van der Waals surface area contributed by atoms with Crippen LogP contribution in [0.5, 0.6) is 0 Å². The monoisotopic (exact) mass is 194 g/mol. The lowest BCUT2D eigenvalue weighted by Gasteiger charge is -2.23. The standard InChI is InChI=1S/C11H18N2O/c1-9(13-7-5-6-8-13)10(14)12-11(2,3)4/h5-9H,1-4H3,(H,12,14). The third-order valence-electron chi connectivity index (χ3n) is 1.95. The lowest BCUT2D eigenvalue weighted by atomic mass is 10.1. The predicted octanol–water partition coefficient (Wildman–Crippen LogP) is 1.96. The van der Waals surface area contributed by atoms with Crippen LogP contribution in [0.2, 0.25) is 0 Å². The zero-order valence-corrected chi connectivity index (χ0v) is 9.24. The highest BCUT2D eigenvalue weighted by Gasteiger charge is 2.19. The average molecular weight is 194 g/mol. The van der Waals surface area contributed by atoms with Crippen molar-refractivity contribution in [2.45, 2.75) is 39.3 Å². The van der Waals surface area contributed by atoms with Crippen molar-refractivity contribution >= 4 is 5.91 Å². The minimum Gasteiger partial charge on any atom is -0.350 e. The summed E-state index contributed by atoms with van der Waals surface area (Å²) in [6.45, 7) is 7.83. The molecule has 0 radical (unpaired) electrons. The van der Waals surface area contributed by atoms with E-state index in [9.17, 15) is 4.79 Å². The summed E-state index contributed by atoms with van der Waals surface area (Å²) >= 11 is 0. The number of nitrogens with zero attached hydrogens (tertiary/aromatic N) is 1. The molecule has 3 heteroatoms. The summed E-state index contributed by atoms with van der Waals surface area (Å²) in [5.41, 5.74) is -0.168. The van der Waals surface area contributed by atoms with Crippen LogP contribution >= 0.6 is 0 Å². The molecule has 0 bridgehead atoms. The normalized spacial score (nSPS) is 13.7. The van der Waals surface area contributed by atoms with Crippen LogP contribution in [0.25, 0.3) is 0 Å². The molecule has 1 amide bonds. The maximum Gasteiger partial charge on any atom is 0.243 e. The van der Waals surface area contributed by atoms with Crippen LogP contribution < -0.4 is 5.32 Å². The van der Waals surface area contributed by atoms with Crippen molar-refractivity contribution in [3.05, 3.63) is 24.5 Å². The fourth-order valence-electron chi connectivity index (χ4n) is 1.22. The van der Waals surface area contributed by atoms with E-state index in [1.54, 1.807) is 0 Å². The van der Waals surface area contributed by atoms with Gasteiger partial charge in [-0.25, -0.2) is 0 Å². The summed E-state index contributed by atoms with van der Waals surface area (Å²) in [6, 6.07) is 3.69. The molecule has 0 aromatic carbocycles. The maximum atomic E-state index is 11.7. The fourth-order valence-corrected chi connectivity index (χ4v) is 1.22. The van der Waals surface area contributed by atoms with Gasteiger partial charge in [-0.3, -0.25) is 4.79 Å². The van der Waals surface area contributed by atoms with Crippen molar-refractivity contribution in [2.75, 3.05) is 0 Å². The molecule has 1 aromatic heterocycles. The van der Waals surface area contributed by atoms with E-state index < -0.39 is 0 Å². The molecule has 78 valence electrons. The van der Waals surface area contributed by atoms with Gasteiger partial charge in [0, 0.05) is 17.9 Å². The van der Waals surface area contributed by atoms with Crippen LogP contribution in [0.15, 0.2) is 24.5 Å². The smallest absolute Gasteiger partial charge is 0.243 e. The van der Waals surface area contributed by atoms with Crippen LogP contribution in [0.1, 0.15) is 33.7 Å². The summed E-state index contributed by atoms with van der Waals surface area (Å²) in [5.74, 6) is 0.0497. The van der Waals surface area contributed by atoms with Gasteiger partial charge in [0.05, 0.1) is 0 Å². The molecule has 0 aliphatic carbocycles. The number of aromatic nitrogens is 1. The number of rotatable bonds is 2. The molecular formula is C11H18N2O. The third kappa shape index (κ3) is 2.91. The molecule has 0 saturated heterocycles. The Morgan fingerprint density at radius 1 is 1.29 bits per heavy atom. The lowest BCUT2D eigenvalue weighted by Crippen LogP contribution is -2.43. The Morgan fingerprint density at radius 2 is 1.79 bits per heavy atom. The SMILES string of the molecule is CC(C(=O)NC(C)(C)C)n1cccc1. The molecule has 0 fully saturated rings. The molecule has 1 heterocycles. The van der Waals surface area contributed by atoms with E-state index in [1.807, 2.05) is 56.8 Å². The van der Waals surface area contributed by atoms with E-state index >= 15 is 0 Å². The number of hydrogen-bond acceptors (Lipinski definition) is 1. The van der Waals surface area contributed by atoms with E-state index in [1.165, 1.54) is 0 Å². The lowest BCUT2D eigenvalue weighted by molar-refractivity contribution is -0.125. The van der Waals surface area contributed by atoms with Gasteiger partial charge < -0.3 is 9.88 Å². The van der Waals surface area contributed by atoms with Crippen molar-refractivity contribution in [2.24, 2.45) is 0 Å². The van der Waals surface area contributed by atoms with Gasteiger partial charge in [0.25, 0.3) is 0 Å². The first-order valence-electron chi connectivity index (χ1n) is 4.84. The summed E-state index contributed by atoms with van der Waals surface area (Å²) in [7, 11) is 0. The first kappa shape index (κ1) is 10.8. The van der Waals surface area contributed by atoms with E-state index in [4.69, 9.17) is 0 Å². The Morgan fingerprint density at radius 3 is 2.21 bits per heavy atom. The maximum absolute atomic E-state index is 11.7. The van der Waals surface area contributed by atoms with Crippen molar-refractivity contribution in [3.63, 3.8) is 0 Å². The van der Waals surface area contributed by atoms with Crippen molar-refractivity contribution < 1.29 is 4.79 Å². The van der Waals surface area contributed by atoms with Crippen molar-refractivity contribution in [3.8, 4) is 0 Å². The Kier molecular flexibility index (Phi) is 2.99. The minimum absolute atomic E-state index is 0.0497. The molecule has 0 aliphatic rings. The number of carbonyl (C=O) groups is 1. The second kappa shape index (κ2) is 3.86. The fraction of sp³-hybridized carbons (Fsp3) is 0.545. The molecule has 0 spiro atoms. The van der Waals surface area contributed by atoms with E-state index in [0.29, 0.717) is 0 Å². The average Bonchev–Trinajstić information content (AvgIpc) is 2.51. The minimum atomic E-state index is -0.168. The van der Waals surface area contributed by atoms with Gasteiger partial charge in [0.2, 0.25) is 5.91 Å². The van der Waals surface area contributed by atoms with Crippen LogP contribution in [-0.4, -0.2) is 16.0 Å². The van der Waals surface area contributed by atoms with E-state index in [-0.39, 0.29) is 17.5 Å². The van der Waals surface area contributed by atoms with Crippen LogP contribution in [0, 0.1) is 0 Å². The summed E-state index contributed by atoms with van der Waals surface area (Å²) in [6.07, 6.45) is 3.79. The summed E-state index contributed by atoms with van der Waals surface area (Å²) in [5, 5.41) is 2.95. The highest BCUT2D eigenvalue weighted by atomic mass is 16.2. The summed E-state index contributed by atoms with van der Waals surface area (Å²) in [4.78, 5) is 11.7. The molecule has 1 atom stereocenters. The Bertz CT molecular complexity index is 296. The predicted molar refractivity (Wildman–Crippen MR) is 57.0 cm³/mol. The number of amides is 1. The van der Waals surface area contributed by atoms with E-state index in [2.05, 4.69) is 5.32 Å². The summed E-state index contributed by atoms with van der Waals surface area (Å²) < 4.78 is 1.89. The first-order valence-corrected chi connectivity index (χ1v) is 4.84. The quantitative estimate of drug-likeness (QED) is 0.767. The van der Waals surface area contributed by atoms with Gasteiger partial charge in [-0.1, -0.05) is 0 Å². The van der Waals surface area contributed by atoms with Crippen LogP contribution in [-0.2, 0) is 4.79 Å². The number of nitrogens with one attached hydrogen (secondary N) is 1. The largest absolute Gasteiger partial charge is 0.350 e. The first-order chi connectivity index (χ1) is 6.40. The molecule has 3 nitrogen and oxygen atoms in total. The third-order valence-corrected chi connectivity index (χ3v) is 1.95. The molecule has 1 unspecified atom stereocenters. The van der Waals surface area contributed by atoms with Crippen molar-refractivity contribution in [1.82, 2.24) is 9.88 Å². The molecule has 0 saturated carbocycles.